The van der Waals surface area contributed by atoms with Gasteiger partial charge in [-0.25, -0.2) is 0 Å². The first kappa shape index (κ1) is 18.3. The van der Waals surface area contributed by atoms with Crippen LogP contribution < -0.4 is 25.4 Å². The number of ether oxygens (including phenoxy) is 2. The van der Waals surface area contributed by atoms with E-state index in [4.69, 9.17) is 27.4 Å². The van der Waals surface area contributed by atoms with Gasteiger partial charge in [0.2, 0.25) is 0 Å². The van der Waals surface area contributed by atoms with Crippen LogP contribution in [0.3, 0.4) is 0 Å². The molecule has 1 aliphatic heterocycles. The van der Waals surface area contributed by atoms with Crippen molar-refractivity contribution < 1.29 is 19.1 Å². The van der Waals surface area contributed by atoms with Crippen LogP contribution in [-0.4, -0.2) is 48.7 Å². The van der Waals surface area contributed by atoms with Crippen molar-refractivity contribution in [1.82, 2.24) is 5.32 Å². The van der Waals surface area contributed by atoms with E-state index < -0.39 is 5.91 Å². The van der Waals surface area contributed by atoms with Crippen molar-refractivity contribution in [3.63, 3.8) is 0 Å². The Bertz CT molecular complexity index is 654. The van der Waals surface area contributed by atoms with Crippen LogP contribution >= 0.6 is 24.0 Å². The first-order valence-electron chi connectivity index (χ1n) is 7.20. The minimum absolute atomic E-state index is 0.111. The molecule has 1 aliphatic rings. The highest BCUT2D eigenvalue weighted by atomic mass is 32.2. The number of thiocarbonyl (C=S) groups is 1. The summed E-state index contributed by atoms with van der Waals surface area (Å²) in [6, 6.07) is 4.63. The summed E-state index contributed by atoms with van der Waals surface area (Å²) < 4.78 is 10.5. The molecule has 3 N–H and O–H groups in total. The molecule has 1 unspecified atom stereocenters. The van der Waals surface area contributed by atoms with Crippen molar-refractivity contribution in [3.8, 4) is 11.5 Å². The van der Waals surface area contributed by atoms with Crippen LogP contribution in [0.15, 0.2) is 18.2 Å². The molecule has 7 nitrogen and oxygen atoms in total. The number of primary amides is 1. The Morgan fingerprint density at radius 1 is 1.46 bits per heavy atom. The Balaban J connectivity index is 2.24. The molecule has 24 heavy (non-hydrogen) atoms. The van der Waals surface area contributed by atoms with Crippen molar-refractivity contribution in [2.24, 2.45) is 5.73 Å². The van der Waals surface area contributed by atoms with Crippen molar-refractivity contribution >= 4 is 46.6 Å². The molecule has 1 saturated heterocycles. The molecular formula is C15H19N3O4S2. The van der Waals surface area contributed by atoms with Crippen LogP contribution in [-0.2, 0) is 9.59 Å². The topological polar surface area (TPSA) is 93.9 Å². The molecule has 0 aliphatic carbocycles. The lowest BCUT2D eigenvalue weighted by molar-refractivity contribution is -0.120. The summed E-state index contributed by atoms with van der Waals surface area (Å²) in [6.45, 7) is -0.285. The van der Waals surface area contributed by atoms with E-state index in [1.165, 1.54) is 12.0 Å². The van der Waals surface area contributed by atoms with Gasteiger partial charge >= 0.3 is 0 Å². The number of carbonyl (C=O) groups is 2. The predicted octanol–water partition coefficient (Wildman–Crippen LogP) is 0.902. The fraction of sp³-hybridized carbons (Fsp3) is 0.400. The molecule has 0 bridgehead atoms. The standard InChI is InChI=1S/C15H19N3O4S2/c1-21-11-4-3-9(7-12(11)22-8-13(16)19)18-14(20)10(5-6-24-2)17-15(18)23/h3-4,7,10H,5-6,8H2,1-2H3,(H2,16,19)(H,17,23). The third-order valence-corrected chi connectivity index (χ3v) is 4.35. The van der Waals surface area contributed by atoms with Crippen LogP contribution in [0.2, 0.25) is 0 Å². The molecule has 1 aromatic rings. The van der Waals surface area contributed by atoms with Gasteiger partial charge < -0.3 is 20.5 Å². The monoisotopic (exact) mass is 369 g/mol. The fourth-order valence-corrected chi connectivity index (χ4v) is 3.08. The van der Waals surface area contributed by atoms with Gasteiger partial charge in [0.25, 0.3) is 11.8 Å². The molecule has 130 valence electrons. The predicted molar refractivity (Wildman–Crippen MR) is 97.7 cm³/mol. The summed E-state index contributed by atoms with van der Waals surface area (Å²) >= 11 is 6.95. The summed E-state index contributed by atoms with van der Waals surface area (Å²) in [6.07, 6.45) is 2.68. The SMILES string of the molecule is COc1ccc(N2C(=O)C(CCSC)NC2=S)cc1OCC(N)=O. The second kappa shape index (κ2) is 8.20. The summed E-state index contributed by atoms with van der Waals surface area (Å²) in [4.78, 5) is 24.9. The molecule has 0 radical (unpaired) electrons. The number of nitrogens with two attached hydrogens (primary N) is 1. The molecule has 1 heterocycles. The van der Waals surface area contributed by atoms with Gasteiger partial charge in [0.05, 0.1) is 12.8 Å². The van der Waals surface area contributed by atoms with E-state index in [2.05, 4.69) is 5.32 Å². The molecule has 2 rings (SSSR count). The molecule has 2 amide bonds. The van der Waals surface area contributed by atoms with Crippen LogP contribution in [0, 0.1) is 0 Å². The van der Waals surface area contributed by atoms with Crippen molar-refractivity contribution in [2.45, 2.75) is 12.5 Å². The van der Waals surface area contributed by atoms with E-state index >= 15 is 0 Å². The number of thioether (sulfide) groups is 1. The van der Waals surface area contributed by atoms with Gasteiger partial charge in [-0.15, -0.1) is 0 Å². The Morgan fingerprint density at radius 3 is 2.83 bits per heavy atom. The van der Waals surface area contributed by atoms with Crippen LogP contribution in [0.1, 0.15) is 6.42 Å². The Labute approximate surface area is 149 Å². The Kier molecular flexibility index (Phi) is 6.27. The number of hydrogen-bond donors (Lipinski definition) is 2. The number of amides is 2. The smallest absolute Gasteiger partial charge is 0.255 e. The van der Waals surface area contributed by atoms with Gasteiger partial charge in [-0.2, -0.15) is 11.8 Å². The lowest BCUT2D eigenvalue weighted by atomic mass is 10.2. The van der Waals surface area contributed by atoms with E-state index in [1.807, 2.05) is 6.26 Å². The molecule has 0 saturated carbocycles. The maximum Gasteiger partial charge on any atom is 0.255 e. The second-order valence-electron chi connectivity index (χ2n) is 5.05. The van der Waals surface area contributed by atoms with E-state index in [1.54, 1.807) is 30.0 Å². The van der Waals surface area contributed by atoms with E-state index in [0.29, 0.717) is 28.7 Å². The number of carbonyl (C=O) groups excluding carboxylic acids is 2. The zero-order chi connectivity index (χ0) is 17.7. The highest BCUT2D eigenvalue weighted by Crippen LogP contribution is 2.33. The first-order chi connectivity index (χ1) is 11.5. The maximum absolute atomic E-state index is 12.6. The summed E-state index contributed by atoms with van der Waals surface area (Å²) in [5, 5.41) is 3.38. The van der Waals surface area contributed by atoms with E-state index in [-0.39, 0.29) is 18.6 Å². The van der Waals surface area contributed by atoms with E-state index in [9.17, 15) is 9.59 Å². The minimum Gasteiger partial charge on any atom is -0.493 e. The van der Waals surface area contributed by atoms with Gasteiger partial charge in [0.15, 0.2) is 23.2 Å². The number of nitrogens with one attached hydrogen (secondary N) is 1. The molecular weight excluding hydrogens is 350 g/mol. The average Bonchev–Trinajstić information content (AvgIpc) is 2.84. The van der Waals surface area contributed by atoms with Gasteiger partial charge in [0.1, 0.15) is 6.04 Å². The van der Waals surface area contributed by atoms with Gasteiger partial charge in [-0.1, -0.05) is 0 Å². The fourth-order valence-electron chi connectivity index (χ4n) is 2.27. The lowest BCUT2D eigenvalue weighted by Gasteiger charge is -2.17. The van der Waals surface area contributed by atoms with Crippen LogP contribution in [0.5, 0.6) is 11.5 Å². The van der Waals surface area contributed by atoms with Crippen molar-refractivity contribution in [2.75, 3.05) is 30.6 Å². The Morgan fingerprint density at radius 2 is 2.21 bits per heavy atom. The van der Waals surface area contributed by atoms with Gasteiger partial charge in [0, 0.05) is 6.07 Å². The summed E-state index contributed by atoms with van der Waals surface area (Å²) in [7, 11) is 1.48. The van der Waals surface area contributed by atoms with Crippen molar-refractivity contribution in [3.05, 3.63) is 18.2 Å². The third kappa shape index (κ3) is 4.09. The van der Waals surface area contributed by atoms with Gasteiger partial charge in [-0.05, 0) is 42.8 Å². The summed E-state index contributed by atoms with van der Waals surface area (Å²) in [5.74, 6) is 0.894. The van der Waals surface area contributed by atoms with E-state index in [0.717, 1.165) is 5.75 Å². The van der Waals surface area contributed by atoms with Gasteiger partial charge in [-0.3, -0.25) is 14.5 Å². The van der Waals surface area contributed by atoms with Crippen LogP contribution in [0.25, 0.3) is 0 Å². The largest absolute Gasteiger partial charge is 0.493 e. The quantitative estimate of drug-likeness (QED) is 0.658. The zero-order valence-electron chi connectivity index (χ0n) is 13.4. The normalized spacial score (nSPS) is 16.9. The number of methoxy groups -OCH3 is 1. The average molecular weight is 369 g/mol. The first-order valence-corrected chi connectivity index (χ1v) is 9.00. The van der Waals surface area contributed by atoms with Crippen LogP contribution in [0.4, 0.5) is 5.69 Å². The number of rotatable bonds is 8. The molecule has 9 heteroatoms. The summed E-state index contributed by atoms with van der Waals surface area (Å²) in [5.41, 5.74) is 5.64. The number of hydrogen-bond acceptors (Lipinski definition) is 6. The third-order valence-electron chi connectivity index (χ3n) is 3.41. The second-order valence-corrected chi connectivity index (χ2v) is 6.42. The highest BCUT2D eigenvalue weighted by Gasteiger charge is 2.36. The maximum atomic E-state index is 12.6. The molecule has 1 atom stereocenters. The molecule has 1 aromatic carbocycles. The number of nitrogens with zero attached hydrogens (tertiary/aromatic N) is 1. The Hall–Kier alpha value is -2.00. The van der Waals surface area contributed by atoms with Crippen molar-refractivity contribution in [1.29, 1.82) is 0 Å². The molecule has 0 spiro atoms. The lowest BCUT2D eigenvalue weighted by Crippen LogP contribution is -2.31. The number of anilines is 1. The number of benzene rings is 1. The minimum atomic E-state index is -0.603. The molecule has 1 fully saturated rings. The highest BCUT2D eigenvalue weighted by molar-refractivity contribution is 7.98. The zero-order valence-corrected chi connectivity index (χ0v) is 15.0. The molecule has 0 aromatic heterocycles.